The zero-order valence-electron chi connectivity index (χ0n) is 16.4. The molecule has 0 radical (unpaired) electrons. The molecule has 5 atom stereocenters. The summed E-state index contributed by atoms with van der Waals surface area (Å²) < 4.78 is 177. The van der Waals surface area contributed by atoms with Crippen LogP contribution in [0, 0.1) is 0 Å². The van der Waals surface area contributed by atoms with Crippen LogP contribution in [0.25, 0.3) is 0 Å². The molecule has 0 amide bonds. The Kier molecular flexibility index (Phi) is 8.67. The summed E-state index contributed by atoms with van der Waals surface area (Å²) in [5.41, 5.74) is 0. The van der Waals surface area contributed by atoms with Crippen molar-refractivity contribution in [3.63, 3.8) is 0 Å². The molecule has 4 N–H and O–H groups in total. The summed E-state index contributed by atoms with van der Waals surface area (Å²) in [6.45, 7) is -1.24. The molecule has 0 aliphatic carbocycles. The third-order valence-electron chi connectivity index (χ3n) is 4.74. The normalized spacial score (nSPS) is 27.6. The van der Waals surface area contributed by atoms with Crippen molar-refractivity contribution in [3.05, 3.63) is 0 Å². The molecule has 208 valence electrons. The lowest BCUT2D eigenvalue weighted by Gasteiger charge is -2.39. The number of rotatable bonds is 9. The fraction of sp³-hybridized carbons (Fsp3) is 0.933. The molecular weight excluding hydrogens is 539 g/mol. The molecule has 0 aromatic carbocycles. The van der Waals surface area contributed by atoms with E-state index < -0.39 is 91.9 Å². The van der Waals surface area contributed by atoms with Crippen LogP contribution in [0.5, 0.6) is 0 Å². The van der Waals surface area contributed by atoms with E-state index >= 15 is 0 Å². The predicted molar refractivity (Wildman–Crippen MR) is 79.9 cm³/mol. The second-order valence-corrected chi connectivity index (χ2v) is 7.22. The van der Waals surface area contributed by atoms with E-state index in [2.05, 4.69) is 9.47 Å². The van der Waals surface area contributed by atoms with Crippen molar-refractivity contribution >= 4 is 5.97 Å². The fourth-order valence-electron chi connectivity index (χ4n) is 2.53. The van der Waals surface area contributed by atoms with E-state index in [1.807, 2.05) is 0 Å². The van der Waals surface area contributed by atoms with Crippen molar-refractivity contribution in [1.82, 2.24) is 0 Å². The molecule has 1 saturated heterocycles. The highest BCUT2D eigenvalue weighted by Crippen LogP contribution is 2.60. The number of carbonyl (C=O) groups excluding carboxylic acids is 1. The first-order valence-electron chi connectivity index (χ1n) is 8.86. The average molecular weight is 554 g/mol. The first-order valence-corrected chi connectivity index (χ1v) is 8.86. The monoisotopic (exact) mass is 554 g/mol. The first-order chi connectivity index (χ1) is 15.4. The van der Waals surface area contributed by atoms with Crippen LogP contribution < -0.4 is 0 Å². The minimum absolute atomic E-state index is 1.24. The third-order valence-corrected chi connectivity index (χ3v) is 4.74. The van der Waals surface area contributed by atoms with Gasteiger partial charge in [-0.05, 0) is 0 Å². The molecule has 0 aromatic rings. The molecule has 0 spiro atoms. The highest BCUT2D eigenvalue weighted by Gasteiger charge is 2.90. The molecule has 1 fully saturated rings. The van der Waals surface area contributed by atoms with Crippen LogP contribution in [0.15, 0.2) is 0 Å². The Balaban J connectivity index is 2.92. The van der Waals surface area contributed by atoms with E-state index in [9.17, 15) is 82.3 Å². The van der Waals surface area contributed by atoms with Gasteiger partial charge in [0.15, 0.2) is 6.29 Å². The van der Waals surface area contributed by atoms with Gasteiger partial charge in [-0.1, -0.05) is 0 Å². The Morgan fingerprint density at radius 1 is 0.686 bits per heavy atom. The zero-order chi connectivity index (χ0) is 28.0. The van der Waals surface area contributed by atoms with Gasteiger partial charge in [-0.25, -0.2) is 0 Å². The van der Waals surface area contributed by atoms with Gasteiger partial charge in [-0.3, -0.25) is 4.79 Å². The molecule has 1 heterocycles. The molecule has 1 aliphatic rings. The van der Waals surface area contributed by atoms with Crippen molar-refractivity contribution in [2.75, 3.05) is 6.61 Å². The van der Waals surface area contributed by atoms with E-state index in [-0.39, 0.29) is 0 Å². The Bertz CT molecular complexity index is 758. The van der Waals surface area contributed by atoms with E-state index in [1.165, 1.54) is 0 Å². The minimum Gasteiger partial charge on any atom is -0.463 e. The molecule has 35 heavy (non-hydrogen) atoms. The van der Waals surface area contributed by atoms with E-state index in [0.717, 1.165) is 0 Å². The summed E-state index contributed by atoms with van der Waals surface area (Å²) in [6.07, 6.45) is -22.6. The van der Waals surface area contributed by atoms with Crippen molar-refractivity contribution in [2.45, 2.75) is 79.3 Å². The molecule has 0 saturated carbocycles. The highest BCUT2D eigenvalue weighted by molar-refractivity contribution is 5.69. The summed E-state index contributed by atoms with van der Waals surface area (Å²) in [5, 5.41) is 37.4. The Morgan fingerprint density at radius 2 is 1.14 bits per heavy atom. The van der Waals surface area contributed by atoms with Gasteiger partial charge in [-0.2, -0.15) is 57.1 Å². The fourth-order valence-corrected chi connectivity index (χ4v) is 2.53. The maximum Gasteiger partial charge on any atom is 0.460 e. The SMILES string of the molecule is O=C(CCC(F)(F)C(F)(F)C(F)(F)C(F)(F)C(F)(F)C(F)(F)F)OC[C@H]1OC(O)[C@@H](O)[C@@H](O)[C@@H]1O. The van der Waals surface area contributed by atoms with Crippen LogP contribution in [0.1, 0.15) is 12.8 Å². The molecule has 1 rings (SSSR count). The number of carbonyl (C=O) groups is 1. The topological polar surface area (TPSA) is 116 Å². The molecule has 0 aromatic heterocycles. The van der Waals surface area contributed by atoms with Crippen LogP contribution in [0.4, 0.5) is 57.1 Å². The summed E-state index contributed by atoms with van der Waals surface area (Å²) in [6, 6.07) is 0. The van der Waals surface area contributed by atoms with Crippen LogP contribution >= 0.6 is 0 Å². The van der Waals surface area contributed by atoms with Crippen molar-refractivity contribution < 1.29 is 91.8 Å². The number of halogens is 13. The second kappa shape index (κ2) is 9.67. The van der Waals surface area contributed by atoms with Crippen molar-refractivity contribution in [3.8, 4) is 0 Å². The van der Waals surface area contributed by atoms with Crippen LogP contribution in [0.3, 0.4) is 0 Å². The zero-order valence-corrected chi connectivity index (χ0v) is 16.4. The van der Waals surface area contributed by atoms with Gasteiger partial charge in [0, 0.05) is 6.42 Å². The summed E-state index contributed by atoms with van der Waals surface area (Å²) >= 11 is 0. The third kappa shape index (κ3) is 5.39. The van der Waals surface area contributed by atoms with Crippen LogP contribution in [0.2, 0.25) is 0 Å². The molecule has 1 aliphatic heterocycles. The molecule has 0 bridgehead atoms. The number of alkyl halides is 13. The summed E-state index contributed by atoms with van der Waals surface area (Å²) in [4.78, 5) is 11.4. The predicted octanol–water partition coefficient (Wildman–Crippen LogP) is 1.85. The largest absolute Gasteiger partial charge is 0.463 e. The quantitative estimate of drug-likeness (QED) is 0.254. The first kappa shape index (κ1) is 31.4. The van der Waals surface area contributed by atoms with Gasteiger partial charge in [-0.15, -0.1) is 0 Å². The maximum absolute atomic E-state index is 13.6. The lowest BCUT2D eigenvalue weighted by atomic mass is 9.92. The Hall–Kier alpha value is -1.64. The lowest BCUT2D eigenvalue weighted by molar-refractivity contribution is -0.440. The van der Waals surface area contributed by atoms with Crippen molar-refractivity contribution in [2.24, 2.45) is 0 Å². The van der Waals surface area contributed by atoms with Gasteiger partial charge in [0.25, 0.3) is 0 Å². The second-order valence-electron chi connectivity index (χ2n) is 7.22. The molecule has 20 heteroatoms. The number of hydrogen-bond acceptors (Lipinski definition) is 7. The van der Waals surface area contributed by atoms with Crippen LogP contribution in [-0.4, -0.2) is 99.5 Å². The number of hydrogen-bond donors (Lipinski definition) is 4. The maximum atomic E-state index is 13.6. The highest BCUT2D eigenvalue weighted by atomic mass is 19.4. The summed E-state index contributed by atoms with van der Waals surface area (Å²) in [5.74, 6) is -40.0. The van der Waals surface area contributed by atoms with E-state index in [1.54, 1.807) is 0 Å². The van der Waals surface area contributed by atoms with E-state index in [0.29, 0.717) is 0 Å². The Morgan fingerprint density at radius 3 is 1.60 bits per heavy atom. The van der Waals surface area contributed by atoms with Crippen molar-refractivity contribution in [1.29, 1.82) is 0 Å². The van der Waals surface area contributed by atoms with Gasteiger partial charge < -0.3 is 29.9 Å². The lowest BCUT2D eigenvalue weighted by Crippen LogP contribution is -2.70. The number of aliphatic hydroxyl groups is 4. The number of aliphatic hydroxyl groups excluding tert-OH is 4. The minimum atomic E-state index is -8.06. The standard InChI is InChI=1S/C15H15F13O7/c16-10(17,11(18,19)12(20,21)13(22,23)14(24,25)15(26,27)28)2-1-5(29)34-3-4-6(30)7(31)8(32)9(33)35-4/h4,6-9,30-33H,1-3H2/t4-,6-,7+,8+,9?/m1/s1. The van der Waals surface area contributed by atoms with Gasteiger partial charge in [0.05, 0.1) is 6.42 Å². The Labute approximate surface area is 185 Å². The molecule has 1 unspecified atom stereocenters. The summed E-state index contributed by atoms with van der Waals surface area (Å²) in [7, 11) is 0. The van der Waals surface area contributed by atoms with Gasteiger partial charge in [0.2, 0.25) is 0 Å². The molecule has 7 nitrogen and oxygen atoms in total. The van der Waals surface area contributed by atoms with Crippen LogP contribution in [-0.2, 0) is 14.3 Å². The van der Waals surface area contributed by atoms with E-state index in [4.69, 9.17) is 0 Å². The van der Waals surface area contributed by atoms with Gasteiger partial charge >= 0.3 is 41.8 Å². The smallest absolute Gasteiger partial charge is 0.460 e. The van der Waals surface area contributed by atoms with Gasteiger partial charge in [0.1, 0.15) is 31.0 Å². The number of ether oxygens (including phenoxy) is 2. The average Bonchev–Trinajstić information content (AvgIpc) is 2.70. The molecular formula is C15H15F13O7. The number of esters is 1.